The number of nitrogens with one attached hydrogen (secondary N) is 1. The van der Waals surface area contributed by atoms with Crippen molar-refractivity contribution in [2.24, 2.45) is 5.92 Å². The molecule has 0 radical (unpaired) electrons. The van der Waals surface area contributed by atoms with Crippen LogP contribution in [0.1, 0.15) is 53.4 Å². The van der Waals surface area contributed by atoms with Gasteiger partial charge in [-0.05, 0) is 59.0 Å². The van der Waals surface area contributed by atoms with Crippen LogP contribution in [0.15, 0.2) is 0 Å². The third kappa shape index (κ3) is 4.96. The topological polar surface area (TPSA) is 39.1 Å². The summed E-state index contributed by atoms with van der Waals surface area (Å²) in [4.78, 5) is 2.52. The lowest BCUT2D eigenvalue weighted by Crippen LogP contribution is -2.47. The van der Waals surface area contributed by atoms with Crippen molar-refractivity contribution >= 4 is 0 Å². The smallest absolute Gasteiger partial charge is 0.105 e. The lowest BCUT2D eigenvalue weighted by molar-refractivity contribution is 0.168. The van der Waals surface area contributed by atoms with Crippen molar-refractivity contribution in [2.75, 3.05) is 19.6 Å². The maximum atomic E-state index is 9.31. The van der Waals surface area contributed by atoms with Crippen molar-refractivity contribution in [1.82, 2.24) is 10.2 Å². The molecule has 0 bridgehead atoms. The van der Waals surface area contributed by atoms with E-state index in [1.165, 1.54) is 32.4 Å². The molecule has 1 saturated heterocycles. The highest BCUT2D eigenvalue weighted by Gasteiger charge is 2.26. The molecule has 1 aliphatic heterocycles. The molecule has 3 heteroatoms. The summed E-state index contributed by atoms with van der Waals surface area (Å²) in [5.74, 6) is 0.928. The summed E-state index contributed by atoms with van der Waals surface area (Å²) in [7, 11) is 0. The van der Waals surface area contributed by atoms with Gasteiger partial charge in [0.2, 0.25) is 0 Å². The summed E-state index contributed by atoms with van der Waals surface area (Å²) < 4.78 is 0. The van der Waals surface area contributed by atoms with E-state index in [9.17, 15) is 5.26 Å². The summed E-state index contributed by atoms with van der Waals surface area (Å²) >= 11 is 0. The number of hydrogen-bond acceptors (Lipinski definition) is 3. The Bertz CT molecular complexity index is 274. The molecule has 18 heavy (non-hydrogen) atoms. The molecular formula is C15H29N3. The minimum atomic E-state index is -0.379. The number of nitriles is 1. The molecule has 0 aromatic rings. The second kappa shape index (κ2) is 7.11. The van der Waals surface area contributed by atoms with Gasteiger partial charge in [0.25, 0.3) is 0 Å². The van der Waals surface area contributed by atoms with Crippen LogP contribution >= 0.6 is 0 Å². The lowest BCUT2D eigenvalue weighted by Gasteiger charge is -2.34. The van der Waals surface area contributed by atoms with Crippen LogP contribution in [0.4, 0.5) is 0 Å². The highest BCUT2D eigenvalue weighted by molar-refractivity contribution is 5.04. The minimum absolute atomic E-state index is 0.362. The van der Waals surface area contributed by atoms with Crippen LogP contribution in [0.2, 0.25) is 0 Å². The van der Waals surface area contributed by atoms with E-state index in [1.54, 1.807) is 0 Å². The molecule has 1 rings (SSSR count). The van der Waals surface area contributed by atoms with Crippen LogP contribution in [0.5, 0.6) is 0 Å². The summed E-state index contributed by atoms with van der Waals surface area (Å²) in [5.41, 5.74) is -0.379. The molecule has 1 N–H and O–H groups in total. The number of rotatable bonds is 6. The fraction of sp³-hybridized carbons (Fsp3) is 0.933. The largest absolute Gasteiger partial charge is 0.303 e. The number of nitrogens with zero attached hydrogens (tertiary/aromatic N) is 2. The van der Waals surface area contributed by atoms with Crippen molar-refractivity contribution < 1.29 is 0 Å². The van der Waals surface area contributed by atoms with Gasteiger partial charge < -0.3 is 4.90 Å². The Hall–Kier alpha value is -0.590. The highest BCUT2D eigenvalue weighted by Crippen LogP contribution is 2.21. The van der Waals surface area contributed by atoms with Gasteiger partial charge in [0.15, 0.2) is 0 Å². The molecular weight excluding hydrogens is 222 g/mol. The van der Waals surface area contributed by atoms with Crippen LogP contribution in [-0.2, 0) is 0 Å². The third-order valence-corrected chi connectivity index (χ3v) is 4.07. The zero-order valence-electron chi connectivity index (χ0n) is 12.5. The molecule has 0 aliphatic carbocycles. The van der Waals surface area contributed by atoms with Crippen molar-refractivity contribution in [3.63, 3.8) is 0 Å². The molecule has 3 nitrogen and oxygen atoms in total. The Morgan fingerprint density at radius 2 is 2.00 bits per heavy atom. The molecule has 0 spiro atoms. The van der Waals surface area contributed by atoms with E-state index in [1.807, 2.05) is 6.92 Å². The predicted molar refractivity (Wildman–Crippen MR) is 76.4 cm³/mol. The van der Waals surface area contributed by atoms with Gasteiger partial charge in [-0.2, -0.15) is 5.26 Å². The zero-order chi connectivity index (χ0) is 13.6. The van der Waals surface area contributed by atoms with Gasteiger partial charge in [0.05, 0.1) is 6.07 Å². The van der Waals surface area contributed by atoms with Gasteiger partial charge in [-0.3, -0.25) is 5.32 Å². The quantitative estimate of drug-likeness (QED) is 0.789. The van der Waals surface area contributed by atoms with Crippen molar-refractivity contribution in [1.29, 1.82) is 5.26 Å². The summed E-state index contributed by atoms with van der Waals surface area (Å²) in [6.45, 7) is 12.0. The van der Waals surface area contributed by atoms with Crippen LogP contribution in [0.25, 0.3) is 0 Å². The minimum Gasteiger partial charge on any atom is -0.303 e. The van der Waals surface area contributed by atoms with Crippen LogP contribution in [0, 0.1) is 17.2 Å². The Morgan fingerprint density at radius 1 is 1.39 bits per heavy atom. The summed E-state index contributed by atoms with van der Waals surface area (Å²) in [6, 6.07) is 2.79. The molecule has 0 aromatic carbocycles. The zero-order valence-corrected chi connectivity index (χ0v) is 12.5. The van der Waals surface area contributed by atoms with Gasteiger partial charge >= 0.3 is 0 Å². The summed E-state index contributed by atoms with van der Waals surface area (Å²) in [5, 5.41) is 12.7. The number of hydrogen-bond donors (Lipinski definition) is 1. The first-order chi connectivity index (χ1) is 8.49. The van der Waals surface area contributed by atoms with E-state index in [-0.39, 0.29) is 5.54 Å². The Balaban J connectivity index is 2.34. The molecule has 1 unspecified atom stereocenters. The molecule has 1 heterocycles. The van der Waals surface area contributed by atoms with Crippen LogP contribution in [-0.4, -0.2) is 36.1 Å². The molecule has 104 valence electrons. The molecule has 0 saturated carbocycles. The average Bonchev–Trinajstić information content (AvgIpc) is 2.36. The Morgan fingerprint density at radius 3 is 2.44 bits per heavy atom. The molecule has 1 aliphatic rings. The maximum Gasteiger partial charge on any atom is 0.105 e. The van der Waals surface area contributed by atoms with E-state index in [4.69, 9.17) is 0 Å². The standard InChI is InChI=1S/C15H29N3/c1-5-14-6-9-18(10-7-14)11-8-15(4,12-16)17-13(2)3/h13-14,17H,5-11H2,1-4H3. The van der Waals surface area contributed by atoms with Gasteiger partial charge in [-0.1, -0.05) is 13.3 Å². The predicted octanol–water partition coefficient (Wildman–Crippen LogP) is 2.78. The van der Waals surface area contributed by atoms with Crippen LogP contribution in [0.3, 0.4) is 0 Å². The second-order valence-electron chi connectivity index (χ2n) is 6.19. The second-order valence-corrected chi connectivity index (χ2v) is 6.19. The van der Waals surface area contributed by atoms with E-state index < -0.39 is 0 Å². The third-order valence-electron chi connectivity index (χ3n) is 4.07. The van der Waals surface area contributed by atoms with Gasteiger partial charge in [0, 0.05) is 12.6 Å². The first-order valence-corrected chi connectivity index (χ1v) is 7.40. The Kier molecular flexibility index (Phi) is 6.11. The van der Waals surface area contributed by atoms with Gasteiger partial charge in [-0.15, -0.1) is 0 Å². The molecule has 1 atom stereocenters. The Labute approximate surface area is 113 Å². The number of likely N-dealkylation sites (tertiary alicyclic amines) is 1. The first kappa shape index (κ1) is 15.5. The normalized spacial score (nSPS) is 21.8. The van der Waals surface area contributed by atoms with Gasteiger partial charge in [0.1, 0.15) is 5.54 Å². The highest BCUT2D eigenvalue weighted by atomic mass is 15.1. The first-order valence-electron chi connectivity index (χ1n) is 7.40. The number of piperidine rings is 1. The molecule has 0 amide bonds. The van der Waals surface area contributed by atoms with Crippen molar-refractivity contribution in [2.45, 2.75) is 65.0 Å². The van der Waals surface area contributed by atoms with E-state index in [0.717, 1.165) is 18.9 Å². The SMILES string of the molecule is CCC1CCN(CCC(C)(C#N)NC(C)C)CC1. The van der Waals surface area contributed by atoms with E-state index in [2.05, 4.69) is 37.1 Å². The lowest BCUT2D eigenvalue weighted by atomic mass is 9.93. The molecule has 1 fully saturated rings. The fourth-order valence-electron chi connectivity index (χ4n) is 2.80. The average molecular weight is 251 g/mol. The van der Waals surface area contributed by atoms with Crippen LogP contribution < -0.4 is 5.32 Å². The van der Waals surface area contributed by atoms with E-state index in [0.29, 0.717) is 6.04 Å². The fourth-order valence-corrected chi connectivity index (χ4v) is 2.80. The van der Waals surface area contributed by atoms with E-state index >= 15 is 0 Å². The van der Waals surface area contributed by atoms with Gasteiger partial charge in [-0.25, -0.2) is 0 Å². The summed E-state index contributed by atoms with van der Waals surface area (Å²) in [6.07, 6.45) is 4.89. The monoisotopic (exact) mass is 251 g/mol. The van der Waals surface area contributed by atoms with Crippen molar-refractivity contribution in [3.8, 4) is 6.07 Å². The maximum absolute atomic E-state index is 9.31. The van der Waals surface area contributed by atoms with Crippen molar-refractivity contribution in [3.05, 3.63) is 0 Å². The molecule has 0 aromatic heterocycles.